The number of benzene rings is 1. The fraction of sp³-hybridized carbons (Fsp3) is 0.471. The lowest BCUT2D eigenvalue weighted by atomic mass is 10.1. The third kappa shape index (κ3) is 6.12. The Morgan fingerprint density at radius 1 is 1.08 bits per heavy atom. The number of rotatable bonds is 11. The minimum Gasteiger partial charge on any atom is -0.491 e. The maximum atomic E-state index is 11.1. The summed E-state index contributed by atoms with van der Waals surface area (Å²) in [5.74, 6) is -0.0842. The van der Waals surface area contributed by atoms with Crippen LogP contribution < -0.4 is 14.2 Å². The average molecular weight is 375 g/mol. The van der Waals surface area contributed by atoms with Crippen LogP contribution in [0.5, 0.6) is 17.2 Å². The molecule has 8 heteroatoms. The van der Waals surface area contributed by atoms with Gasteiger partial charge in [0.25, 0.3) is 0 Å². The Morgan fingerprint density at radius 3 is 2.20 bits per heavy atom. The van der Waals surface area contributed by atoms with Gasteiger partial charge in [-0.15, -0.1) is 0 Å². The molecule has 0 bridgehead atoms. The molecule has 25 heavy (non-hydrogen) atoms. The summed E-state index contributed by atoms with van der Waals surface area (Å²) < 4.78 is 26.7. The Labute approximate surface area is 152 Å². The molecule has 0 aromatic heterocycles. The van der Waals surface area contributed by atoms with E-state index in [1.165, 1.54) is 20.1 Å². The van der Waals surface area contributed by atoms with Crippen LogP contribution in [0.25, 0.3) is 6.08 Å². The molecule has 0 amide bonds. The third-order valence-electron chi connectivity index (χ3n) is 3.16. The molecule has 0 heterocycles. The van der Waals surface area contributed by atoms with Gasteiger partial charge in [-0.2, -0.15) is 0 Å². The third-order valence-corrected chi connectivity index (χ3v) is 3.55. The molecule has 0 aliphatic rings. The van der Waals surface area contributed by atoms with Crippen molar-refractivity contribution in [3.05, 3.63) is 22.2 Å². The Hall–Kier alpha value is -1.96. The lowest BCUT2D eigenvalue weighted by molar-refractivity contribution is -0.132. The van der Waals surface area contributed by atoms with Gasteiger partial charge in [0.05, 0.1) is 25.3 Å². The standard InChI is InChI=1S/C17H23ClO7/c1-11(17(19)20)9-12-10-13(24-7-5-21-2)15(25-8-6-22-3)16(23-4)14(12)18/h9-10H,5-8H2,1-4H3,(H,19,20). The quantitative estimate of drug-likeness (QED) is 0.471. The predicted molar refractivity (Wildman–Crippen MR) is 94.0 cm³/mol. The summed E-state index contributed by atoms with van der Waals surface area (Å²) in [6.45, 7) is 2.77. The van der Waals surface area contributed by atoms with Gasteiger partial charge in [0.1, 0.15) is 13.2 Å². The topological polar surface area (TPSA) is 83.5 Å². The van der Waals surface area contributed by atoms with Gasteiger partial charge in [-0.05, 0) is 19.1 Å². The molecule has 0 atom stereocenters. The average Bonchev–Trinajstić information content (AvgIpc) is 2.58. The summed E-state index contributed by atoms with van der Waals surface area (Å²) in [4.78, 5) is 11.1. The Kier molecular flexibility index (Phi) is 9.12. The molecule has 7 nitrogen and oxygen atoms in total. The number of carboxylic acid groups (broad SMARTS) is 1. The first-order valence-corrected chi connectivity index (χ1v) is 7.89. The number of methoxy groups -OCH3 is 3. The van der Waals surface area contributed by atoms with Crippen molar-refractivity contribution in [2.24, 2.45) is 0 Å². The first kappa shape index (κ1) is 21.1. The van der Waals surface area contributed by atoms with Crippen molar-refractivity contribution in [1.82, 2.24) is 0 Å². The lowest BCUT2D eigenvalue weighted by Gasteiger charge is -2.18. The van der Waals surface area contributed by atoms with E-state index in [2.05, 4.69) is 0 Å². The molecule has 0 spiro atoms. The molecule has 1 rings (SSSR count). The zero-order valence-corrected chi connectivity index (χ0v) is 15.5. The van der Waals surface area contributed by atoms with Crippen LogP contribution in [0.3, 0.4) is 0 Å². The molecule has 0 saturated carbocycles. The van der Waals surface area contributed by atoms with Gasteiger partial charge in [-0.3, -0.25) is 0 Å². The minimum atomic E-state index is -1.04. The van der Waals surface area contributed by atoms with Gasteiger partial charge < -0.3 is 28.8 Å². The first-order valence-electron chi connectivity index (χ1n) is 7.51. The number of carboxylic acids is 1. The molecule has 0 radical (unpaired) electrons. The number of aliphatic carboxylic acids is 1. The zero-order valence-electron chi connectivity index (χ0n) is 14.8. The monoisotopic (exact) mass is 374 g/mol. The van der Waals surface area contributed by atoms with Gasteiger partial charge in [-0.25, -0.2) is 4.79 Å². The predicted octanol–water partition coefficient (Wildman–Crippen LogP) is 2.89. The van der Waals surface area contributed by atoms with Crippen LogP contribution in [0, 0.1) is 0 Å². The van der Waals surface area contributed by atoms with E-state index in [4.69, 9.17) is 40.4 Å². The van der Waals surface area contributed by atoms with Crippen LogP contribution in [0.15, 0.2) is 11.6 Å². The summed E-state index contributed by atoms with van der Waals surface area (Å²) >= 11 is 6.35. The van der Waals surface area contributed by atoms with Crippen molar-refractivity contribution < 1.29 is 33.6 Å². The van der Waals surface area contributed by atoms with E-state index in [1.807, 2.05) is 0 Å². The van der Waals surface area contributed by atoms with Crippen LogP contribution >= 0.6 is 11.6 Å². The van der Waals surface area contributed by atoms with Crippen molar-refractivity contribution in [1.29, 1.82) is 0 Å². The number of hydrogen-bond donors (Lipinski definition) is 1. The van der Waals surface area contributed by atoms with Crippen LogP contribution in [0.1, 0.15) is 12.5 Å². The van der Waals surface area contributed by atoms with Gasteiger partial charge in [-0.1, -0.05) is 11.6 Å². The molecule has 1 aromatic rings. The van der Waals surface area contributed by atoms with Crippen molar-refractivity contribution >= 4 is 23.6 Å². The second-order valence-corrected chi connectivity index (χ2v) is 5.33. The van der Waals surface area contributed by atoms with Crippen molar-refractivity contribution in [2.75, 3.05) is 47.8 Å². The summed E-state index contributed by atoms with van der Waals surface area (Å²) in [6, 6.07) is 1.61. The van der Waals surface area contributed by atoms with E-state index in [9.17, 15) is 4.79 Å². The normalized spacial score (nSPS) is 11.3. The number of halogens is 1. The molecular weight excluding hydrogens is 352 g/mol. The summed E-state index contributed by atoms with van der Waals surface area (Å²) in [7, 11) is 4.57. The fourth-order valence-electron chi connectivity index (χ4n) is 1.90. The number of carbonyl (C=O) groups is 1. The fourth-order valence-corrected chi connectivity index (χ4v) is 2.17. The largest absolute Gasteiger partial charge is 0.491 e. The molecule has 140 valence electrons. The van der Waals surface area contributed by atoms with Crippen LogP contribution in [0.4, 0.5) is 0 Å². The van der Waals surface area contributed by atoms with Crippen LogP contribution in [0.2, 0.25) is 5.02 Å². The highest BCUT2D eigenvalue weighted by atomic mass is 35.5. The van der Waals surface area contributed by atoms with Crippen LogP contribution in [-0.4, -0.2) is 58.8 Å². The minimum absolute atomic E-state index is 0.125. The molecule has 0 unspecified atom stereocenters. The van der Waals surface area contributed by atoms with Crippen LogP contribution in [-0.2, 0) is 14.3 Å². The van der Waals surface area contributed by atoms with Crippen molar-refractivity contribution in [3.63, 3.8) is 0 Å². The molecule has 0 aliphatic heterocycles. The maximum absolute atomic E-state index is 11.1. The van der Waals surface area contributed by atoms with Crippen molar-refractivity contribution in [3.8, 4) is 17.2 Å². The summed E-state index contributed by atoms with van der Waals surface area (Å²) in [5, 5.41) is 9.30. The zero-order chi connectivity index (χ0) is 18.8. The molecule has 1 N–H and O–H groups in total. The molecular formula is C17H23ClO7. The number of ether oxygens (including phenoxy) is 5. The lowest BCUT2D eigenvalue weighted by Crippen LogP contribution is -2.10. The summed E-state index contributed by atoms with van der Waals surface area (Å²) in [6.07, 6.45) is 1.44. The van der Waals surface area contributed by atoms with E-state index in [0.717, 1.165) is 0 Å². The second-order valence-electron chi connectivity index (χ2n) is 4.96. The molecule has 0 saturated heterocycles. The van der Waals surface area contributed by atoms with E-state index in [1.54, 1.807) is 20.3 Å². The maximum Gasteiger partial charge on any atom is 0.331 e. The first-order chi connectivity index (χ1) is 12.0. The van der Waals surface area contributed by atoms with Gasteiger partial charge in [0.15, 0.2) is 11.5 Å². The van der Waals surface area contributed by atoms with E-state index in [0.29, 0.717) is 30.3 Å². The SMILES string of the molecule is COCCOc1cc(C=C(C)C(=O)O)c(Cl)c(OC)c1OCCOC. The van der Waals surface area contributed by atoms with E-state index >= 15 is 0 Å². The molecule has 0 fully saturated rings. The van der Waals surface area contributed by atoms with Crippen molar-refractivity contribution in [2.45, 2.75) is 6.92 Å². The Bertz CT molecular complexity index is 614. The number of hydrogen-bond acceptors (Lipinski definition) is 6. The highest BCUT2D eigenvalue weighted by molar-refractivity contribution is 6.34. The van der Waals surface area contributed by atoms with Gasteiger partial charge in [0.2, 0.25) is 5.75 Å². The molecule has 0 aliphatic carbocycles. The second kappa shape index (κ2) is 10.8. The van der Waals surface area contributed by atoms with E-state index in [-0.39, 0.29) is 29.6 Å². The Morgan fingerprint density at radius 2 is 1.68 bits per heavy atom. The van der Waals surface area contributed by atoms with Gasteiger partial charge in [0, 0.05) is 25.4 Å². The van der Waals surface area contributed by atoms with E-state index < -0.39 is 5.97 Å². The highest BCUT2D eigenvalue weighted by Crippen LogP contribution is 2.45. The van der Waals surface area contributed by atoms with Gasteiger partial charge >= 0.3 is 5.97 Å². The summed E-state index contributed by atoms with van der Waals surface area (Å²) in [5.41, 5.74) is 0.574. The Balaban J connectivity index is 3.34. The molecule has 1 aromatic carbocycles. The smallest absolute Gasteiger partial charge is 0.331 e. The highest BCUT2D eigenvalue weighted by Gasteiger charge is 2.20.